The normalized spacial score (nSPS) is 11.6. The molecule has 0 saturated heterocycles. The van der Waals surface area contributed by atoms with Gasteiger partial charge < -0.3 is 5.11 Å². The van der Waals surface area contributed by atoms with E-state index in [9.17, 15) is 5.11 Å². The molecule has 0 aliphatic heterocycles. The number of hydrogen-bond acceptors (Lipinski definition) is 3. The van der Waals surface area contributed by atoms with Crippen molar-refractivity contribution in [1.82, 2.24) is 4.90 Å². The molecule has 0 bridgehead atoms. The van der Waals surface area contributed by atoms with E-state index in [0.717, 1.165) is 18.7 Å². The largest absolute Gasteiger partial charge is 0.389 e. The highest BCUT2D eigenvalue weighted by Gasteiger charge is 2.17. The van der Waals surface area contributed by atoms with Gasteiger partial charge >= 0.3 is 0 Å². The van der Waals surface area contributed by atoms with Gasteiger partial charge in [0.15, 0.2) is 0 Å². The fourth-order valence-corrected chi connectivity index (χ4v) is 2.01. The highest BCUT2D eigenvalue weighted by molar-refractivity contribution is 5.37. The van der Waals surface area contributed by atoms with Crippen LogP contribution in [0.3, 0.4) is 0 Å². The van der Waals surface area contributed by atoms with Gasteiger partial charge in [-0.25, -0.2) is 0 Å². The van der Waals surface area contributed by atoms with Crippen molar-refractivity contribution in [3.05, 3.63) is 34.9 Å². The molecule has 98 valence electrons. The third-order valence-electron chi connectivity index (χ3n) is 2.92. The summed E-state index contributed by atoms with van der Waals surface area (Å²) >= 11 is 0. The molecule has 0 aliphatic carbocycles. The van der Waals surface area contributed by atoms with Gasteiger partial charge in [-0.2, -0.15) is 5.26 Å². The van der Waals surface area contributed by atoms with Crippen molar-refractivity contribution in [1.29, 1.82) is 5.26 Å². The van der Waals surface area contributed by atoms with Gasteiger partial charge in [0.2, 0.25) is 0 Å². The fraction of sp³-hybridized carbons (Fsp3) is 0.533. The third-order valence-corrected chi connectivity index (χ3v) is 2.92. The zero-order chi connectivity index (χ0) is 13.8. The molecule has 0 amide bonds. The SMILES string of the molecule is CCN(Cc1ccc(C#N)cc1C)CC(C)(C)O. The van der Waals surface area contributed by atoms with Crippen LogP contribution in [0.25, 0.3) is 0 Å². The van der Waals surface area contributed by atoms with Crippen molar-refractivity contribution in [2.45, 2.75) is 39.8 Å². The van der Waals surface area contributed by atoms with Crippen molar-refractivity contribution in [3.8, 4) is 6.07 Å². The minimum absolute atomic E-state index is 0.642. The molecule has 3 nitrogen and oxygen atoms in total. The van der Waals surface area contributed by atoms with E-state index < -0.39 is 5.60 Å². The van der Waals surface area contributed by atoms with Crippen LogP contribution in [0.5, 0.6) is 0 Å². The van der Waals surface area contributed by atoms with Crippen LogP contribution in [0.1, 0.15) is 37.5 Å². The summed E-state index contributed by atoms with van der Waals surface area (Å²) in [7, 11) is 0. The lowest BCUT2D eigenvalue weighted by Crippen LogP contribution is -2.38. The van der Waals surface area contributed by atoms with Crippen molar-refractivity contribution >= 4 is 0 Å². The van der Waals surface area contributed by atoms with Crippen LogP contribution in [0.4, 0.5) is 0 Å². The molecular formula is C15H22N2O. The number of aliphatic hydroxyl groups is 1. The first-order chi connectivity index (χ1) is 8.35. The van der Waals surface area contributed by atoms with Crippen molar-refractivity contribution in [2.75, 3.05) is 13.1 Å². The van der Waals surface area contributed by atoms with Gasteiger partial charge in [0.05, 0.1) is 17.2 Å². The van der Waals surface area contributed by atoms with Crippen molar-refractivity contribution < 1.29 is 5.11 Å². The van der Waals surface area contributed by atoms with Crippen molar-refractivity contribution in [2.24, 2.45) is 0 Å². The summed E-state index contributed by atoms with van der Waals surface area (Å²) < 4.78 is 0. The van der Waals surface area contributed by atoms with E-state index in [1.165, 1.54) is 5.56 Å². The molecule has 0 saturated carbocycles. The lowest BCUT2D eigenvalue weighted by Gasteiger charge is -2.28. The Hall–Kier alpha value is -1.37. The molecule has 0 unspecified atom stereocenters. The summed E-state index contributed by atoms with van der Waals surface area (Å²) in [6.45, 7) is 10.1. The summed E-state index contributed by atoms with van der Waals surface area (Å²) in [5.41, 5.74) is 2.35. The Kier molecular flexibility index (Phi) is 4.89. The maximum Gasteiger partial charge on any atom is 0.0991 e. The molecule has 1 aromatic rings. The number of nitrogens with zero attached hydrogens (tertiary/aromatic N) is 2. The Morgan fingerprint density at radius 2 is 2.06 bits per heavy atom. The Labute approximate surface area is 110 Å². The maximum absolute atomic E-state index is 9.86. The minimum Gasteiger partial charge on any atom is -0.389 e. The molecule has 0 spiro atoms. The Bertz CT molecular complexity index is 441. The van der Waals surface area contributed by atoms with Crippen molar-refractivity contribution in [3.63, 3.8) is 0 Å². The number of likely N-dealkylation sites (N-methyl/N-ethyl adjacent to an activating group) is 1. The average Bonchev–Trinajstić information content (AvgIpc) is 2.28. The van der Waals surface area contributed by atoms with Gasteiger partial charge in [0.25, 0.3) is 0 Å². The van der Waals surface area contributed by atoms with Crippen LogP contribution < -0.4 is 0 Å². The minimum atomic E-state index is -0.684. The summed E-state index contributed by atoms with van der Waals surface area (Å²) in [6.07, 6.45) is 0. The first kappa shape index (κ1) is 14.7. The lowest BCUT2D eigenvalue weighted by atomic mass is 10.0. The molecule has 18 heavy (non-hydrogen) atoms. The monoisotopic (exact) mass is 246 g/mol. The summed E-state index contributed by atoms with van der Waals surface area (Å²) in [6, 6.07) is 7.91. The van der Waals surface area contributed by atoms with E-state index >= 15 is 0 Å². The van der Waals surface area contributed by atoms with Crippen LogP contribution in [0.2, 0.25) is 0 Å². The molecule has 1 N–H and O–H groups in total. The van der Waals surface area contributed by atoms with Gasteiger partial charge in [0, 0.05) is 13.1 Å². The number of benzene rings is 1. The molecule has 1 rings (SSSR count). The molecule has 0 radical (unpaired) electrons. The average molecular weight is 246 g/mol. The van der Waals surface area contributed by atoms with Gasteiger partial charge in [-0.1, -0.05) is 13.0 Å². The first-order valence-electron chi connectivity index (χ1n) is 6.30. The van der Waals surface area contributed by atoms with E-state index in [1.54, 1.807) is 0 Å². The van der Waals surface area contributed by atoms with E-state index in [4.69, 9.17) is 5.26 Å². The topological polar surface area (TPSA) is 47.3 Å². The fourth-order valence-electron chi connectivity index (χ4n) is 2.01. The Morgan fingerprint density at radius 1 is 1.39 bits per heavy atom. The highest BCUT2D eigenvalue weighted by atomic mass is 16.3. The number of nitriles is 1. The molecule has 0 heterocycles. The second-order valence-corrected chi connectivity index (χ2v) is 5.37. The first-order valence-corrected chi connectivity index (χ1v) is 6.30. The predicted molar refractivity (Wildman–Crippen MR) is 73.1 cm³/mol. The number of hydrogen-bond donors (Lipinski definition) is 1. The van der Waals surface area contributed by atoms with E-state index in [0.29, 0.717) is 12.1 Å². The molecule has 1 aromatic carbocycles. The third kappa shape index (κ3) is 4.48. The number of rotatable bonds is 5. The second kappa shape index (κ2) is 5.99. The Morgan fingerprint density at radius 3 is 2.50 bits per heavy atom. The Balaban J connectivity index is 2.80. The second-order valence-electron chi connectivity index (χ2n) is 5.37. The molecule has 0 fully saturated rings. The zero-order valence-corrected chi connectivity index (χ0v) is 11.7. The van der Waals surface area contributed by atoms with Crippen LogP contribution in [0.15, 0.2) is 18.2 Å². The van der Waals surface area contributed by atoms with Crippen LogP contribution in [-0.2, 0) is 6.54 Å². The molecule has 0 aliphatic rings. The van der Waals surface area contributed by atoms with Gasteiger partial charge in [-0.05, 0) is 50.6 Å². The molecule has 0 aromatic heterocycles. The smallest absolute Gasteiger partial charge is 0.0991 e. The van der Waals surface area contributed by atoms with E-state index in [1.807, 2.05) is 39.0 Å². The zero-order valence-electron chi connectivity index (χ0n) is 11.7. The van der Waals surface area contributed by atoms with E-state index in [2.05, 4.69) is 17.9 Å². The predicted octanol–water partition coefficient (Wildman–Crippen LogP) is 2.46. The molecule has 3 heteroatoms. The van der Waals surface area contributed by atoms with E-state index in [-0.39, 0.29) is 0 Å². The molecule has 0 atom stereocenters. The number of aryl methyl sites for hydroxylation is 1. The summed E-state index contributed by atoms with van der Waals surface area (Å²) in [5, 5.41) is 18.7. The lowest BCUT2D eigenvalue weighted by molar-refractivity contribution is 0.0353. The maximum atomic E-state index is 9.86. The van der Waals surface area contributed by atoms with Crippen LogP contribution >= 0.6 is 0 Å². The van der Waals surface area contributed by atoms with Gasteiger partial charge in [-0.3, -0.25) is 4.90 Å². The summed E-state index contributed by atoms with van der Waals surface area (Å²) in [5.74, 6) is 0. The van der Waals surface area contributed by atoms with Crippen LogP contribution in [0, 0.1) is 18.3 Å². The highest BCUT2D eigenvalue weighted by Crippen LogP contribution is 2.15. The molecular weight excluding hydrogens is 224 g/mol. The van der Waals surface area contributed by atoms with Gasteiger partial charge in [0.1, 0.15) is 0 Å². The van der Waals surface area contributed by atoms with Gasteiger partial charge in [-0.15, -0.1) is 0 Å². The summed E-state index contributed by atoms with van der Waals surface area (Å²) in [4.78, 5) is 2.20. The standard InChI is InChI=1S/C15H22N2O/c1-5-17(11-15(3,4)18)10-14-7-6-13(9-16)8-12(14)2/h6-8,18H,5,10-11H2,1-4H3. The van der Waals surface area contributed by atoms with Crippen LogP contribution in [-0.4, -0.2) is 28.7 Å². The quantitative estimate of drug-likeness (QED) is 0.868.